The molecule has 6 nitrogen and oxygen atoms in total. The van der Waals surface area contributed by atoms with Gasteiger partial charge in [0.15, 0.2) is 0 Å². The first-order valence-electron chi connectivity index (χ1n) is 4.08. The molecule has 1 rings (SSSR count). The van der Waals surface area contributed by atoms with E-state index in [2.05, 4.69) is 14.8 Å². The highest BCUT2D eigenvalue weighted by Crippen LogP contribution is 2.29. The molecule has 9 heteroatoms. The Morgan fingerprint density at radius 1 is 1.47 bits per heavy atom. The van der Waals surface area contributed by atoms with Crippen molar-refractivity contribution < 1.29 is 22.7 Å². The third kappa shape index (κ3) is 3.58. The van der Waals surface area contributed by atoms with Gasteiger partial charge < -0.3 is 10.5 Å². The third-order valence-electron chi connectivity index (χ3n) is 1.62. The average molecular weight is 246 g/mol. The number of benzene rings is 1. The second-order valence-corrected chi connectivity index (χ2v) is 2.78. The first-order valence-corrected chi connectivity index (χ1v) is 4.08. The predicted octanol–water partition coefficient (Wildman–Crippen LogP) is 2.63. The monoisotopic (exact) mass is 246 g/mol. The van der Waals surface area contributed by atoms with Crippen molar-refractivity contribution in [1.82, 2.24) is 0 Å². The van der Waals surface area contributed by atoms with Gasteiger partial charge in [0.25, 0.3) is 0 Å². The lowest BCUT2D eigenvalue weighted by molar-refractivity contribution is -0.274. The van der Waals surface area contributed by atoms with Crippen LogP contribution in [0.25, 0.3) is 10.4 Å². The Morgan fingerprint density at radius 2 is 2.12 bits per heavy atom. The lowest BCUT2D eigenvalue weighted by atomic mass is 10.1. The van der Waals surface area contributed by atoms with Gasteiger partial charge in [0, 0.05) is 10.5 Å². The van der Waals surface area contributed by atoms with Crippen LogP contribution in [0.2, 0.25) is 0 Å². The molecule has 2 N–H and O–H groups in total. The zero-order chi connectivity index (χ0) is 13.1. The molecule has 0 aromatic heterocycles. The van der Waals surface area contributed by atoms with E-state index in [1.165, 1.54) is 0 Å². The van der Waals surface area contributed by atoms with Crippen molar-refractivity contribution in [2.24, 2.45) is 10.8 Å². The fraction of sp³-hybridized carbons (Fsp3) is 0.125. The van der Waals surface area contributed by atoms with E-state index in [1.54, 1.807) is 0 Å². The van der Waals surface area contributed by atoms with Crippen molar-refractivity contribution in [3.05, 3.63) is 34.2 Å². The normalized spacial score (nSPS) is 10.5. The summed E-state index contributed by atoms with van der Waals surface area (Å²) in [6.07, 6.45) is -4.87. The number of azide groups is 1. The molecular formula is C8H5F3N4O2. The number of amides is 1. The van der Waals surface area contributed by atoms with E-state index in [0.29, 0.717) is 0 Å². The smallest absolute Gasteiger partial charge is 0.406 e. The Hall–Kier alpha value is -2.41. The highest BCUT2D eigenvalue weighted by atomic mass is 19.4. The molecule has 0 saturated heterocycles. The van der Waals surface area contributed by atoms with Crippen molar-refractivity contribution in [2.75, 3.05) is 0 Å². The molecule has 0 aliphatic carbocycles. The number of hydrogen-bond donors (Lipinski definition) is 1. The van der Waals surface area contributed by atoms with Gasteiger partial charge in [0.2, 0.25) is 5.91 Å². The summed E-state index contributed by atoms with van der Waals surface area (Å²) in [4.78, 5) is 13.2. The summed E-state index contributed by atoms with van der Waals surface area (Å²) in [5.74, 6) is -1.53. The van der Waals surface area contributed by atoms with E-state index in [9.17, 15) is 18.0 Å². The Kier molecular flexibility index (Phi) is 3.44. The molecule has 0 fully saturated rings. The molecule has 17 heavy (non-hydrogen) atoms. The first kappa shape index (κ1) is 12.7. The first-order chi connectivity index (χ1) is 7.83. The van der Waals surface area contributed by atoms with E-state index in [4.69, 9.17) is 11.3 Å². The minimum absolute atomic E-state index is 0.197. The molecule has 0 atom stereocenters. The number of nitrogens with two attached hydrogens (primary N) is 1. The number of carbonyl (C=O) groups excluding carboxylic acids is 1. The summed E-state index contributed by atoms with van der Waals surface area (Å²) in [6.45, 7) is 0. The molecule has 0 aliphatic heterocycles. The average Bonchev–Trinajstić information content (AvgIpc) is 2.15. The van der Waals surface area contributed by atoms with Crippen molar-refractivity contribution >= 4 is 11.6 Å². The van der Waals surface area contributed by atoms with Gasteiger partial charge in [0.1, 0.15) is 5.75 Å². The summed E-state index contributed by atoms with van der Waals surface area (Å²) in [6, 6.07) is 2.64. The summed E-state index contributed by atoms with van der Waals surface area (Å²) in [5.41, 5.74) is 12.6. The van der Waals surface area contributed by atoms with Crippen LogP contribution in [0.5, 0.6) is 5.75 Å². The SMILES string of the molecule is [N-]=[N+]=Nc1cc(OC(F)(F)F)ccc1C(N)=O. The van der Waals surface area contributed by atoms with E-state index in [0.717, 1.165) is 18.2 Å². The van der Waals surface area contributed by atoms with E-state index >= 15 is 0 Å². The molecule has 1 aromatic rings. The minimum Gasteiger partial charge on any atom is -0.406 e. The summed E-state index contributed by atoms with van der Waals surface area (Å²) < 4.78 is 39.3. The van der Waals surface area contributed by atoms with Crippen LogP contribution in [-0.2, 0) is 0 Å². The molecule has 90 valence electrons. The number of alkyl halides is 3. The quantitative estimate of drug-likeness (QED) is 0.503. The van der Waals surface area contributed by atoms with E-state index < -0.39 is 18.0 Å². The number of halogens is 3. The van der Waals surface area contributed by atoms with Crippen molar-refractivity contribution in [2.45, 2.75) is 6.36 Å². The summed E-state index contributed by atoms with van der Waals surface area (Å²) in [5, 5.41) is 3.05. The number of rotatable bonds is 3. The molecule has 0 radical (unpaired) electrons. The molecular weight excluding hydrogens is 241 g/mol. The standard InChI is InChI=1S/C8H5F3N4O2/c9-8(10,11)17-4-1-2-5(7(12)16)6(3-4)14-15-13/h1-3H,(H2,12,16). The maximum Gasteiger partial charge on any atom is 0.573 e. The highest BCUT2D eigenvalue weighted by Gasteiger charge is 2.31. The second-order valence-electron chi connectivity index (χ2n) is 2.78. The van der Waals surface area contributed by atoms with Crippen molar-refractivity contribution in [1.29, 1.82) is 0 Å². The van der Waals surface area contributed by atoms with Gasteiger partial charge in [-0.3, -0.25) is 4.79 Å². The van der Waals surface area contributed by atoms with Crippen LogP contribution in [0.3, 0.4) is 0 Å². The van der Waals surface area contributed by atoms with Crippen molar-refractivity contribution in [3.63, 3.8) is 0 Å². The van der Waals surface area contributed by atoms with Gasteiger partial charge in [-0.1, -0.05) is 5.11 Å². The number of hydrogen-bond acceptors (Lipinski definition) is 3. The summed E-state index contributed by atoms with van der Waals surface area (Å²) >= 11 is 0. The Labute approximate surface area is 92.4 Å². The maximum absolute atomic E-state index is 11.9. The van der Waals surface area contributed by atoms with Crippen LogP contribution in [-0.4, -0.2) is 12.3 Å². The fourth-order valence-corrected chi connectivity index (χ4v) is 1.05. The van der Waals surface area contributed by atoms with E-state index in [1.807, 2.05) is 0 Å². The van der Waals surface area contributed by atoms with Gasteiger partial charge in [-0.15, -0.1) is 13.2 Å². The van der Waals surface area contributed by atoms with Crippen LogP contribution in [0.4, 0.5) is 18.9 Å². The lowest BCUT2D eigenvalue weighted by Crippen LogP contribution is -2.17. The highest BCUT2D eigenvalue weighted by molar-refractivity contribution is 5.98. The molecule has 0 spiro atoms. The predicted molar refractivity (Wildman–Crippen MR) is 50.4 cm³/mol. The summed E-state index contributed by atoms with van der Waals surface area (Å²) in [7, 11) is 0. The number of ether oxygens (including phenoxy) is 1. The third-order valence-corrected chi connectivity index (χ3v) is 1.62. The van der Waals surface area contributed by atoms with Gasteiger partial charge >= 0.3 is 6.36 Å². The fourth-order valence-electron chi connectivity index (χ4n) is 1.05. The van der Waals surface area contributed by atoms with Crippen LogP contribution in [0.15, 0.2) is 23.3 Å². The van der Waals surface area contributed by atoms with Gasteiger partial charge in [0.05, 0.1) is 5.69 Å². The van der Waals surface area contributed by atoms with Crippen LogP contribution < -0.4 is 10.5 Å². The number of primary amides is 1. The molecule has 0 aliphatic rings. The second kappa shape index (κ2) is 4.62. The van der Waals surface area contributed by atoms with E-state index in [-0.39, 0.29) is 11.3 Å². The largest absolute Gasteiger partial charge is 0.573 e. The zero-order valence-electron chi connectivity index (χ0n) is 8.10. The van der Waals surface area contributed by atoms with Gasteiger partial charge in [-0.25, -0.2) is 0 Å². The molecule has 0 saturated carbocycles. The van der Waals surface area contributed by atoms with Crippen LogP contribution in [0.1, 0.15) is 10.4 Å². The molecule has 0 bridgehead atoms. The molecule has 1 aromatic carbocycles. The van der Waals surface area contributed by atoms with Crippen molar-refractivity contribution in [3.8, 4) is 5.75 Å². The minimum atomic E-state index is -4.87. The lowest BCUT2D eigenvalue weighted by Gasteiger charge is -2.10. The van der Waals surface area contributed by atoms with Gasteiger partial charge in [-0.05, 0) is 23.7 Å². The van der Waals surface area contributed by atoms with Crippen LogP contribution >= 0.6 is 0 Å². The molecule has 1 amide bonds. The Bertz CT molecular complexity index is 494. The van der Waals surface area contributed by atoms with Gasteiger partial charge in [-0.2, -0.15) is 0 Å². The zero-order valence-corrected chi connectivity index (χ0v) is 8.10. The Balaban J connectivity index is 3.18. The number of carbonyl (C=O) groups is 1. The topological polar surface area (TPSA) is 101 Å². The van der Waals surface area contributed by atoms with Crippen LogP contribution in [0, 0.1) is 0 Å². The molecule has 0 unspecified atom stereocenters. The molecule has 0 heterocycles. The number of nitrogens with zero attached hydrogens (tertiary/aromatic N) is 3. The maximum atomic E-state index is 11.9. The Morgan fingerprint density at radius 3 is 2.59 bits per heavy atom.